The van der Waals surface area contributed by atoms with Crippen molar-refractivity contribution in [3.8, 4) is 5.69 Å². The SMILES string of the molecule is C/C=C\C(=C/CCc1cnn(-c2cccc(C(=O)O)c2)c1)OC. The summed E-state index contributed by atoms with van der Waals surface area (Å²) < 4.78 is 6.93. The first kappa shape index (κ1) is 16.5. The molecule has 0 bridgehead atoms. The van der Waals surface area contributed by atoms with Crippen LogP contribution in [-0.2, 0) is 11.2 Å². The van der Waals surface area contributed by atoms with E-state index in [1.165, 1.54) is 0 Å². The molecule has 0 unspecified atom stereocenters. The van der Waals surface area contributed by atoms with Crippen molar-refractivity contribution in [2.75, 3.05) is 7.11 Å². The summed E-state index contributed by atoms with van der Waals surface area (Å²) in [5.41, 5.74) is 2.06. The number of aryl methyl sites for hydroxylation is 1. The zero-order valence-corrected chi connectivity index (χ0v) is 13.3. The fraction of sp³-hybridized carbons (Fsp3) is 0.222. The Hall–Kier alpha value is -2.82. The molecule has 0 radical (unpaired) electrons. The molecule has 5 heteroatoms. The summed E-state index contributed by atoms with van der Waals surface area (Å²) in [4.78, 5) is 11.0. The average Bonchev–Trinajstić information content (AvgIpc) is 3.03. The standard InChI is InChI=1S/C18H20N2O3/c1-3-6-17(23-2)10-4-7-14-12-19-20(13-14)16-9-5-8-15(11-16)18(21)22/h3,5-6,8-13H,4,7H2,1-2H3,(H,21,22)/b6-3-,17-10+. The third-order valence-corrected chi connectivity index (χ3v) is 3.34. The lowest BCUT2D eigenvalue weighted by atomic mass is 10.2. The summed E-state index contributed by atoms with van der Waals surface area (Å²) in [7, 11) is 1.65. The highest BCUT2D eigenvalue weighted by Crippen LogP contribution is 2.13. The van der Waals surface area contributed by atoms with Gasteiger partial charge in [-0.25, -0.2) is 9.48 Å². The molecular formula is C18H20N2O3. The van der Waals surface area contributed by atoms with Gasteiger partial charge in [-0.1, -0.05) is 12.1 Å². The van der Waals surface area contributed by atoms with Gasteiger partial charge < -0.3 is 9.84 Å². The molecule has 0 aliphatic rings. The van der Waals surface area contributed by atoms with Crippen LogP contribution in [0.25, 0.3) is 5.69 Å². The van der Waals surface area contributed by atoms with Gasteiger partial charge in [0.1, 0.15) is 5.76 Å². The van der Waals surface area contributed by atoms with Crippen molar-refractivity contribution >= 4 is 5.97 Å². The van der Waals surface area contributed by atoms with Crippen molar-refractivity contribution in [1.82, 2.24) is 9.78 Å². The fourth-order valence-corrected chi connectivity index (χ4v) is 2.18. The molecule has 0 atom stereocenters. The Labute approximate surface area is 135 Å². The molecule has 1 aromatic heterocycles. The first-order valence-electron chi connectivity index (χ1n) is 7.38. The van der Waals surface area contributed by atoms with E-state index in [0.717, 1.165) is 29.9 Å². The van der Waals surface area contributed by atoms with Crippen molar-refractivity contribution in [3.05, 3.63) is 71.8 Å². The van der Waals surface area contributed by atoms with Gasteiger partial charge in [-0.05, 0) is 55.7 Å². The van der Waals surface area contributed by atoms with E-state index < -0.39 is 5.97 Å². The minimum absolute atomic E-state index is 0.249. The van der Waals surface area contributed by atoms with Gasteiger partial charge in [-0.2, -0.15) is 5.10 Å². The fourth-order valence-electron chi connectivity index (χ4n) is 2.18. The summed E-state index contributed by atoms with van der Waals surface area (Å²) in [6.45, 7) is 1.95. The lowest BCUT2D eigenvalue weighted by Crippen LogP contribution is -2.00. The number of hydrogen-bond acceptors (Lipinski definition) is 3. The van der Waals surface area contributed by atoms with Crippen LogP contribution in [-0.4, -0.2) is 28.0 Å². The number of aromatic nitrogens is 2. The van der Waals surface area contributed by atoms with E-state index in [0.29, 0.717) is 0 Å². The highest BCUT2D eigenvalue weighted by Gasteiger charge is 2.06. The minimum Gasteiger partial charge on any atom is -0.497 e. The number of methoxy groups -OCH3 is 1. The summed E-state index contributed by atoms with van der Waals surface area (Å²) in [5, 5.41) is 13.3. The molecule has 5 nitrogen and oxygen atoms in total. The van der Waals surface area contributed by atoms with Crippen LogP contribution in [0.15, 0.2) is 60.6 Å². The predicted octanol–water partition coefficient (Wildman–Crippen LogP) is 3.61. The number of hydrogen-bond donors (Lipinski definition) is 1. The number of rotatable bonds is 7. The molecule has 0 saturated carbocycles. The third kappa shape index (κ3) is 4.57. The van der Waals surface area contributed by atoms with Crippen molar-refractivity contribution in [3.63, 3.8) is 0 Å². The average molecular weight is 312 g/mol. The number of carbonyl (C=O) groups is 1. The first-order valence-corrected chi connectivity index (χ1v) is 7.38. The smallest absolute Gasteiger partial charge is 0.335 e. The Bertz CT molecular complexity index is 729. The summed E-state index contributed by atoms with van der Waals surface area (Å²) >= 11 is 0. The van der Waals surface area contributed by atoms with Crippen LogP contribution in [0.2, 0.25) is 0 Å². The molecule has 0 aliphatic carbocycles. The van der Waals surface area contributed by atoms with Gasteiger partial charge in [0.2, 0.25) is 0 Å². The van der Waals surface area contributed by atoms with Gasteiger partial charge in [0, 0.05) is 6.20 Å². The predicted molar refractivity (Wildman–Crippen MR) is 88.8 cm³/mol. The minimum atomic E-state index is -0.944. The highest BCUT2D eigenvalue weighted by molar-refractivity contribution is 5.88. The van der Waals surface area contributed by atoms with E-state index in [-0.39, 0.29) is 5.56 Å². The van der Waals surface area contributed by atoms with Crippen LogP contribution in [0, 0.1) is 0 Å². The number of carboxylic acids is 1. The zero-order valence-electron chi connectivity index (χ0n) is 13.3. The quantitative estimate of drug-likeness (QED) is 0.626. The number of carboxylic acid groups (broad SMARTS) is 1. The van der Waals surface area contributed by atoms with E-state index in [9.17, 15) is 4.79 Å². The maximum absolute atomic E-state index is 11.0. The second-order valence-electron chi connectivity index (χ2n) is 5.00. The van der Waals surface area contributed by atoms with E-state index in [2.05, 4.69) is 5.10 Å². The molecule has 23 heavy (non-hydrogen) atoms. The normalized spacial score (nSPS) is 11.8. The summed E-state index contributed by atoms with van der Waals surface area (Å²) in [6.07, 6.45) is 11.3. The zero-order chi connectivity index (χ0) is 16.7. The first-order chi connectivity index (χ1) is 11.1. The maximum atomic E-state index is 11.0. The molecular weight excluding hydrogens is 292 g/mol. The van der Waals surface area contributed by atoms with Crippen LogP contribution >= 0.6 is 0 Å². The largest absolute Gasteiger partial charge is 0.497 e. The molecule has 1 N–H and O–H groups in total. The van der Waals surface area contributed by atoms with E-state index >= 15 is 0 Å². The second-order valence-corrected chi connectivity index (χ2v) is 5.00. The molecule has 120 valence electrons. The van der Waals surface area contributed by atoms with Crippen molar-refractivity contribution < 1.29 is 14.6 Å². The molecule has 1 aromatic carbocycles. The van der Waals surface area contributed by atoms with E-state index in [4.69, 9.17) is 9.84 Å². The topological polar surface area (TPSA) is 64.4 Å². The molecule has 2 aromatic rings. The van der Waals surface area contributed by atoms with Crippen LogP contribution in [0.4, 0.5) is 0 Å². The van der Waals surface area contributed by atoms with E-state index in [1.54, 1.807) is 36.2 Å². The highest BCUT2D eigenvalue weighted by atomic mass is 16.5. The number of allylic oxidation sites excluding steroid dienone is 3. The van der Waals surface area contributed by atoms with Gasteiger partial charge in [0.25, 0.3) is 0 Å². The molecule has 0 saturated heterocycles. The Balaban J connectivity index is 2.06. The van der Waals surface area contributed by atoms with Crippen LogP contribution < -0.4 is 0 Å². The summed E-state index contributed by atoms with van der Waals surface area (Å²) in [5.74, 6) is -0.102. The number of nitrogens with zero attached hydrogens (tertiary/aromatic N) is 2. The molecule has 1 heterocycles. The van der Waals surface area contributed by atoms with E-state index in [1.807, 2.05) is 37.4 Å². The second kappa shape index (κ2) is 7.98. The van der Waals surface area contributed by atoms with Crippen molar-refractivity contribution in [2.24, 2.45) is 0 Å². The lowest BCUT2D eigenvalue weighted by molar-refractivity contribution is 0.0697. The molecule has 0 spiro atoms. The van der Waals surface area contributed by atoms with Crippen LogP contribution in [0.5, 0.6) is 0 Å². The third-order valence-electron chi connectivity index (χ3n) is 3.34. The number of ether oxygens (including phenoxy) is 1. The van der Waals surface area contributed by atoms with Gasteiger partial charge in [0.05, 0.1) is 24.6 Å². The Morgan fingerprint density at radius 3 is 2.96 bits per heavy atom. The van der Waals surface area contributed by atoms with Crippen LogP contribution in [0.1, 0.15) is 29.3 Å². The van der Waals surface area contributed by atoms with Crippen LogP contribution in [0.3, 0.4) is 0 Å². The van der Waals surface area contributed by atoms with Gasteiger partial charge >= 0.3 is 5.97 Å². The Kier molecular flexibility index (Phi) is 5.74. The van der Waals surface area contributed by atoms with Gasteiger partial charge in [-0.15, -0.1) is 0 Å². The maximum Gasteiger partial charge on any atom is 0.335 e. The summed E-state index contributed by atoms with van der Waals surface area (Å²) in [6, 6.07) is 6.71. The molecule has 0 fully saturated rings. The Morgan fingerprint density at radius 1 is 1.43 bits per heavy atom. The van der Waals surface area contributed by atoms with Gasteiger partial charge in [0.15, 0.2) is 0 Å². The monoisotopic (exact) mass is 312 g/mol. The lowest BCUT2D eigenvalue weighted by Gasteiger charge is -2.02. The Morgan fingerprint density at radius 2 is 2.26 bits per heavy atom. The van der Waals surface area contributed by atoms with Crippen molar-refractivity contribution in [1.29, 1.82) is 0 Å². The molecule has 0 aliphatic heterocycles. The molecule has 0 amide bonds. The molecule has 2 rings (SSSR count). The van der Waals surface area contributed by atoms with Crippen molar-refractivity contribution in [2.45, 2.75) is 19.8 Å². The van der Waals surface area contributed by atoms with Gasteiger partial charge in [-0.3, -0.25) is 0 Å². The number of aromatic carboxylic acids is 1. The number of benzene rings is 1.